The Labute approximate surface area is 181 Å². The lowest BCUT2D eigenvalue weighted by molar-refractivity contribution is -0.0453. The Morgan fingerprint density at radius 3 is 2.67 bits per heavy atom. The Bertz CT molecular complexity index is 459. The third-order valence-electron chi connectivity index (χ3n) is 5.95. The molecule has 3 aliphatic heterocycles. The average molecular weight is 495 g/mol. The Hall–Kier alpha value is -0.160. The highest BCUT2D eigenvalue weighted by atomic mass is 127. The molecule has 27 heavy (non-hydrogen) atoms. The number of halogens is 1. The van der Waals surface area contributed by atoms with Crippen LogP contribution in [0, 0.1) is 5.92 Å². The number of hydrogen-bond acceptors (Lipinski definition) is 5. The number of nitrogens with one attached hydrogen (secondary N) is 2. The van der Waals surface area contributed by atoms with Crippen molar-refractivity contribution in [2.75, 3.05) is 66.1 Å². The van der Waals surface area contributed by atoms with E-state index in [1.165, 1.54) is 19.4 Å². The van der Waals surface area contributed by atoms with E-state index in [4.69, 9.17) is 9.47 Å². The minimum absolute atomic E-state index is 0. The maximum absolute atomic E-state index is 6.04. The Balaban J connectivity index is 0.00000261. The summed E-state index contributed by atoms with van der Waals surface area (Å²) in [6, 6.07) is 1.15. The van der Waals surface area contributed by atoms with Crippen molar-refractivity contribution in [1.82, 2.24) is 20.4 Å². The van der Waals surface area contributed by atoms with Crippen LogP contribution in [0.3, 0.4) is 0 Å². The lowest BCUT2D eigenvalue weighted by Gasteiger charge is -2.37. The summed E-state index contributed by atoms with van der Waals surface area (Å²) < 4.78 is 11.5. The first-order valence-corrected chi connectivity index (χ1v) is 10.3. The molecule has 0 bridgehead atoms. The van der Waals surface area contributed by atoms with Crippen LogP contribution < -0.4 is 10.6 Å². The maximum atomic E-state index is 6.04. The van der Waals surface area contributed by atoms with Crippen molar-refractivity contribution in [1.29, 1.82) is 0 Å². The van der Waals surface area contributed by atoms with Gasteiger partial charge in [0.25, 0.3) is 0 Å². The van der Waals surface area contributed by atoms with Gasteiger partial charge in [0.1, 0.15) is 0 Å². The number of morpholine rings is 2. The first-order chi connectivity index (χ1) is 12.7. The molecule has 0 aromatic heterocycles. The van der Waals surface area contributed by atoms with Crippen LogP contribution in [0.2, 0.25) is 0 Å². The number of rotatable bonds is 6. The van der Waals surface area contributed by atoms with Gasteiger partial charge >= 0.3 is 0 Å². The molecule has 3 aliphatic rings. The summed E-state index contributed by atoms with van der Waals surface area (Å²) >= 11 is 0. The number of nitrogens with zero attached hydrogens (tertiary/aromatic N) is 3. The van der Waals surface area contributed by atoms with E-state index in [0.717, 1.165) is 58.5 Å². The molecule has 0 aliphatic carbocycles. The van der Waals surface area contributed by atoms with E-state index in [9.17, 15) is 0 Å². The van der Waals surface area contributed by atoms with E-state index in [-0.39, 0.29) is 30.1 Å². The van der Waals surface area contributed by atoms with Crippen LogP contribution >= 0.6 is 24.0 Å². The third-order valence-corrected chi connectivity index (χ3v) is 5.95. The van der Waals surface area contributed by atoms with E-state index in [2.05, 4.69) is 39.3 Å². The predicted octanol–water partition coefficient (Wildman–Crippen LogP) is 0.989. The fourth-order valence-corrected chi connectivity index (χ4v) is 4.34. The van der Waals surface area contributed by atoms with Crippen molar-refractivity contribution >= 4 is 29.9 Å². The summed E-state index contributed by atoms with van der Waals surface area (Å²) in [6.45, 7) is 13.2. The number of ether oxygens (including phenoxy) is 2. The second-order valence-electron chi connectivity index (χ2n) is 8.04. The molecule has 0 amide bonds. The van der Waals surface area contributed by atoms with Crippen LogP contribution in [0.15, 0.2) is 4.99 Å². The fraction of sp³-hybridized carbons (Fsp3) is 0.947. The summed E-state index contributed by atoms with van der Waals surface area (Å²) in [5.74, 6) is 1.46. The second kappa shape index (κ2) is 11.7. The minimum Gasteiger partial charge on any atom is -0.379 e. The summed E-state index contributed by atoms with van der Waals surface area (Å²) in [6.07, 6.45) is 2.86. The summed E-state index contributed by atoms with van der Waals surface area (Å²) in [5, 5.41) is 6.98. The van der Waals surface area contributed by atoms with Gasteiger partial charge in [-0.25, -0.2) is 0 Å². The zero-order valence-corrected chi connectivity index (χ0v) is 19.5. The zero-order valence-electron chi connectivity index (χ0n) is 17.2. The molecule has 3 fully saturated rings. The van der Waals surface area contributed by atoms with Crippen molar-refractivity contribution in [3.63, 3.8) is 0 Å². The molecule has 3 rings (SSSR count). The molecule has 3 saturated heterocycles. The topological polar surface area (TPSA) is 61.4 Å². The highest BCUT2D eigenvalue weighted by molar-refractivity contribution is 14.0. The Morgan fingerprint density at radius 2 is 1.96 bits per heavy atom. The van der Waals surface area contributed by atoms with Gasteiger partial charge in [-0.1, -0.05) is 13.8 Å². The molecule has 0 saturated carbocycles. The van der Waals surface area contributed by atoms with E-state index in [0.29, 0.717) is 18.0 Å². The number of aliphatic imine (C=N–C) groups is 1. The van der Waals surface area contributed by atoms with Crippen LogP contribution in [0.5, 0.6) is 0 Å². The van der Waals surface area contributed by atoms with Crippen molar-refractivity contribution < 1.29 is 9.47 Å². The van der Waals surface area contributed by atoms with Crippen molar-refractivity contribution in [2.24, 2.45) is 10.9 Å². The van der Waals surface area contributed by atoms with Crippen molar-refractivity contribution in [2.45, 2.75) is 44.9 Å². The normalized spacial score (nSPS) is 28.5. The molecule has 0 aromatic rings. The molecule has 2 N–H and O–H groups in total. The SMILES string of the molecule is CN=C(NCC1CN2CCCC2CO1)NCC(C(C)C)N1CCOCC1.I. The van der Waals surface area contributed by atoms with Gasteiger partial charge in [-0.05, 0) is 25.3 Å². The van der Waals surface area contributed by atoms with Crippen molar-refractivity contribution in [3.05, 3.63) is 0 Å². The van der Waals surface area contributed by atoms with E-state index in [1.807, 2.05) is 7.05 Å². The zero-order chi connectivity index (χ0) is 18.4. The van der Waals surface area contributed by atoms with Gasteiger partial charge in [-0.15, -0.1) is 24.0 Å². The highest BCUT2D eigenvalue weighted by Gasteiger charge is 2.32. The molecule has 0 radical (unpaired) electrons. The molecule has 3 unspecified atom stereocenters. The Kier molecular flexibility index (Phi) is 10.1. The summed E-state index contributed by atoms with van der Waals surface area (Å²) in [4.78, 5) is 9.51. The highest BCUT2D eigenvalue weighted by Crippen LogP contribution is 2.22. The van der Waals surface area contributed by atoms with Gasteiger partial charge in [0.2, 0.25) is 0 Å². The average Bonchev–Trinajstić information content (AvgIpc) is 3.13. The van der Waals surface area contributed by atoms with E-state index in [1.54, 1.807) is 0 Å². The second-order valence-corrected chi connectivity index (χ2v) is 8.04. The molecule has 0 aromatic carbocycles. The van der Waals surface area contributed by atoms with Gasteiger partial charge in [0.15, 0.2) is 5.96 Å². The standard InChI is InChI=1S/C19H37N5O2.HI/c1-15(2)18(23-7-9-25-10-8-23)12-22-19(20-3)21-11-17-13-24-6-4-5-16(24)14-26-17;/h15-18H,4-14H2,1-3H3,(H2,20,21,22);1H. The molecular formula is C19H38IN5O2. The molecule has 8 heteroatoms. The first-order valence-electron chi connectivity index (χ1n) is 10.3. The van der Waals surface area contributed by atoms with Crippen LogP contribution in [0.25, 0.3) is 0 Å². The number of guanidine groups is 1. The minimum atomic E-state index is 0. The molecule has 3 heterocycles. The molecule has 0 spiro atoms. The fourth-order valence-electron chi connectivity index (χ4n) is 4.34. The van der Waals surface area contributed by atoms with Crippen LogP contribution in [0.4, 0.5) is 0 Å². The lowest BCUT2D eigenvalue weighted by Crippen LogP contribution is -2.54. The first kappa shape index (κ1) is 23.1. The van der Waals surface area contributed by atoms with Crippen LogP contribution in [-0.2, 0) is 9.47 Å². The van der Waals surface area contributed by atoms with Gasteiger partial charge in [0, 0.05) is 51.9 Å². The number of hydrogen-bond donors (Lipinski definition) is 2. The summed E-state index contributed by atoms with van der Waals surface area (Å²) in [5.41, 5.74) is 0. The number of fused-ring (bicyclic) bond motifs is 1. The largest absolute Gasteiger partial charge is 0.379 e. The smallest absolute Gasteiger partial charge is 0.191 e. The monoisotopic (exact) mass is 495 g/mol. The predicted molar refractivity (Wildman–Crippen MR) is 120 cm³/mol. The quantitative estimate of drug-likeness (QED) is 0.326. The lowest BCUT2D eigenvalue weighted by atomic mass is 10.0. The molecule has 7 nitrogen and oxygen atoms in total. The third kappa shape index (κ3) is 6.69. The van der Waals surface area contributed by atoms with Gasteiger partial charge in [-0.2, -0.15) is 0 Å². The maximum Gasteiger partial charge on any atom is 0.191 e. The molecule has 3 atom stereocenters. The van der Waals surface area contributed by atoms with Gasteiger partial charge < -0.3 is 20.1 Å². The van der Waals surface area contributed by atoms with Gasteiger partial charge in [-0.3, -0.25) is 14.8 Å². The Morgan fingerprint density at radius 1 is 1.19 bits per heavy atom. The van der Waals surface area contributed by atoms with Crippen LogP contribution in [0.1, 0.15) is 26.7 Å². The van der Waals surface area contributed by atoms with E-state index >= 15 is 0 Å². The molecule has 158 valence electrons. The van der Waals surface area contributed by atoms with Gasteiger partial charge in [0.05, 0.1) is 25.9 Å². The molecular weight excluding hydrogens is 457 g/mol. The summed E-state index contributed by atoms with van der Waals surface area (Å²) in [7, 11) is 1.84. The van der Waals surface area contributed by atoms with Crippen LogP contribution in [-0.4, -0.2) is 100 Å². The van der Waals surface area contributed by atoms with E-state index < -0.39 is 0 Å². The van der Waals surface area contributed by atoms with Crippen molar-refractivity contribution in [3.8, 4) is 0 Å².